The molecule has 0 atom stereocenters. The molecule has 2 aromatic rings. The first-order valence-electron chi connectivity index (χ1n) is 5.33. The molecule has 0 amide bonds. The van der Waals surface area contributed by atoms with Crippen LogP contribution in [0.15, 0.2) is 45.7 Å². The van der Waals surface area contributed by atoms with E-state index in [1.165, 1.54) is 11.1 Å². The van der Waals surface area contributed by atoms with Crippen molar-refractivity contribution in [2.24, 2.45) is 0 Å². The maximum atomic E-state index is 5.51. The summed E-state index contributed by atoms with van der Waals surface area (Å²) >= 11 is 4.50. The van der Waals surface area contributed by atoms with Crippen molar-refractivity contribution in [1.29, 1.82) is 0 Å². The van der Waals surface area contributed by atoms with Crippen LogP contribution in [0.1, 0.15) is 22.6 Å². The van der Waals surface area contributed by atoms with Crippen LogP contribution in [0.4, 0.5) is 0 Å². The highest BCUT2D eigenvalue weighted by atomic mass is 127. The van der Waals surface area contributed by atoms with E-state index in [-0.39, 0.29) is 24.0 Å². The monoisotopic (exact) mass is 358 g/mol. The Morgan fingerprint density at radius 2 is 1.76 bits per heavy atom. The molecular formula is C14H15IOS. The largest absolute Gasteiger partial charge is 1.00 e. The van der Waals surface area contributed by atoms with Crippen molar-refractivity contribution >= 4 is 12.6 Å². The topological polar surface area (TPSA) is 11.3 Å². The molecule has 2 rings (SSSR count). The van der Waals surface area contributed by atoms with Gasteiger partial charge in [0.05, 0.1) is 13.8 Å². The van der Waals surface area contributed by atoms with Gasteiger partial charge in [-0.2, -0.15) is 0 Å². The van der Waals surface area contributed by atoms with Gasteiger partial charge in [0.1, 0.15) is 4.90 Å². The molecule has 0 aliphatic heterocycles. The number of aryl methyl sites for hydroxylation is 2. The molecule has 0 aliphatic carbocycles. The SMILES string of the molecule is Cc1cc(Cc2ccccc2)c(S)c(C)[o+]1.[I-]. The van der Waals surface area contributed by atoms with Gasteiger partial charge in [0.15, 0.2) is 0 Å². The lowest BCUT2D eigenvalue weighted by Gasteiger charge is -2.03. The molecule has 0 radical (unpaired) electrons. The second-order valence-corrected chi connectivity index (χ2v) is 4.40. The van der Waals surface area contributed by atoms with Crippen LogP contribution in [-0.4, -0.2) is 0 Å². The Kier molecular flexibility index (Phi) is 5.46. The van der Waals surface area contributed by atoms with E-state index in [0.717, 1.165) is 22.8 Å². The molecule has 0 bridgehead atoms. The van der Waals surface area contributed by atoms with Gasteiger partial charge in [-0.1, -0.05) is 30.3 Å². The molecular weight excluding hydrogens is 343 g/mol. The van der Waals surface area contributed by atoms with Gasteiger partial charge in [-0.25, -0.2) is 4.42 Å². The lowest BCUT2D eigenvalue weighted by Crippen LogP contribution is -3.00. The smallest absolute Gasteiger partial charge is 0.339 e. The molecule has 0 spiro atoms. The molecule has 90 valence electrons. The predicted octanol–water partition coefficient (Wildman–Crippen LogP) is 1.06. The van der Waals surface area contributed by atoms with Crippen molar-refractivity contribution in [2.75, 3.05) is 0 Å². The molecule has 0 unspecified atom stereocenters. The summed E-state index contributed by atoms with van der Waals surface area (Å²) in [4.78, 5) is 0.953. The summed E-state index contributed by atoms with van der Waals surface area (Å²) in [7, 11) is 0. The lowest BCUT2D eigenvalue weighted by atomic mass is 10.1. The molecule has 1 aromatic heterocycles. The van der Waals surface area contributed by atoms with E-state index < -0.39 is 0 Å². The zero-order chi connectivity index (χ0) is 11.5. The highest BCUT2D eigenvalue weighted by Gasteiger charge is 2.15. The molecule has 17 heavy (non-hydrogen) atoms. The minimum absolute atomic E-state index is 0. The van der Waals surface area contributed by atoms with Crippen LogP contribution in [-0.2, 0) is 6.42 Å². The van der Waals surface area contributed by atoms with Crippen molar-refractivity contribution in [3.05, 3.63) is 59.0 Å². The van der Waals surface area contributed by atoms with Gasteiger partial charge in [0.2, 0.25) is 0 Å². The average Bonchev–Trinajstić information content (AvgIpc) is 2.27. The fraction of sp³-hybridized carbons (Fsp3) is 0.214. The van der Waals surface area contributed by atoms with Crippen molar-refractivity contribution in [3.8, 4) is 0 Å². The number of benzene rings is 1. The van der Waals surface area contributed by atoms with Gasteiger partial charge in [0, 0.05) is 6.07 Å². The van der Waals surface area contributed by atoms with Crippen LogP contribution in [0.5, 0.6) is 0 Å². The highest BCUT2D eigenvalue weighted by Crippen LogP contribution is 2.23. The summed E-state index contributed by atoms with van der Waals surface area (Å²) in [6.45, 7) is 3.92. The summed E-state index contributed by atoms with van der Waals surface area (Å²) in [5, 5.41) is 0. The Hall–Kier alpha value is -0.550. The predicted molar refractivity (Wildman–Crippen MR) is 69.1 cm³/mol. The standard InChI is InChI=1S/C14H14OS.HI/c1-10-8-13(14(16)11(2)15-10)9-12-6-4-3-5-7-12;/h3-8H,9H2,1-2H3;1H. The van der Waals surface area contributed by atoms with E-state index in [9.17, 15) is 0 Å². The summed E-state index contributed by atoms with van der Waals surface area (Å²) in [6.07, 6.45) is 0.901. The van der Waals surface area contributed by atoms with Gasteiger partial charge >= 0.3 is 11.5 Å². The molecule has 0 saturated heterocycles. The highest BCUT2D eigenvalue weighted by molar-refractivity contribution is 7.80. The number of hydrogen-bond acceptors (Lipinski definition) is 1. The van der Waals surface area contributed by atoms with Gasteiger partial charge in [0.25, 0.3) is 0 Å². The fourth-order valence-electron chi connectivity index (χ4n) is 1.81. The number of hydrogen-bond donors (Lipinski definition) is 1. The van der Waals surface area contributed by atoms with Crippen molar-refractivity contribution < 1.29 is 28.4 Å². The Bertz CT molecular complexity index is 497. The zero-order valence-corrected chi connectivity index (χ0v) is 13.0. The maximum absolute atomic E-state index is 5.51. The Morgan fingerprint density at radius 1 is 1.12 bits per heavy atom. The molecule has 1 nitrogen and oxygen atoms in total. The third kappa shape index (κ3) is 3.71. The van der Waals surface area contributed by atoms with Crippen LogP contribution in [0.2, 0.25) is 0 Å². The number of thiol groups is 1. The first-order chi connectivity index (χ1) is 7.66. The van der Waals surface area contributed by atoms with E-state index in [1.54, 1.807) is 0 Å². The molecule has 0 N–H and O–H groups in total. The van der Waals surface area contributed by atoms with E-state index in [4.69, 9.17) is 4.42 Å². The quantitative estimate of drug-likeness (QED) is 0.481. The van der Waals surface area contributed by atoms with E-state index in [1.807, 2.05) is 19.9 Å². The minimum Gasteiger partial charge on any atom is -1.00 e. The van der Waals surface area contributed by atoms with Gasteiger partial charge in [-0.15, -0.1) is 12.6 Å². The second kappa shape index (κ2) is 6.40. The third-order valence-electron chi connectivity index (χ3n) is 2.57. The maximum Gasteiger partial charge on any atom is 0.339 e. The molecule has 3 heteroatoms. The zero-order valence-electron chi connectivity index (χ0n) is 9.90. The normalized spacial score (nSPS) is 9.82. The Labute approximate surface area is 125 Å². The second-order valence-electron chi connectivity index (χ2n) is 3.95. The van der Waals surface area contributed by atoms with Crippen molar-refractivity contribution in [2.45, 2.75) is 25.2 Å². The molecule has 0 saturated carbocycles. The van der Waals surface area contributed by atoms with Crippen LogP contribution in [0, 0.1) is 13.8 Å². The number of rotatable bonds is 2. The summed E-state index contributed by atoms with van der Waals surface area (Å²) in [5.41, 5.74) is 2.51. The lowest BCUT2D eigenvalue weighted by molar-refractivity contribution is -0.00000417. The minimum atomic E-state index is 0. The summed E-state index contributed by atoms with van der Waals surface area (Å²) in [5.74, 6) is 1.82. The first-order valence-corrected chi connectivity index (χ1v) is 5.77. The van der Waals surface area contributed by atoms with Gasteiger partial charge in [-0.3, -0.25) is 0 Å². The van der Waals surface area contributed by atoms with Crippen molar-refractivity contribution in [3.63, 3.8) is 0 Å². The summed E-state index contributed by atoms with van der Waals surface area (Å²) in [6, 6.07) is 12.5. The third-order valence-corrected chi connectivity index (χ3v) is 3.17. The average molecular weight is 358 g/mol. The van der Waals surface area contributed by atoms with Crippen molar-refractivity contribution in [1.82, 2.24) is 0 Å². The Balaban J connectivity index is 0.00000144. The Morgan fingerprint density at radius 3 is 2.41 bits per heavy atom. The van der Waals surface area contributed by atoms with Gasteiger partial charge in [-0.05, 0) is 17.5 Å². The van der Waals surface area contributed by atoms with E-state index >= 15 is 0 Å². The van der Waals surface area contributed by atoms with Crippen LogP contribution in [0.25, 0.3) is 0 Å². The van der Waals surface area contributed by atoms with Crippen LogP contribution in [0.3, 0.4) is 0 Å². The molecule has 0 fully saturated rings. The van der Waals surface area contributed by atoms with E-state index in [2.05, 4.69) is 43.0 Å². The van der Waals surface area contributed by atoms with E-state index in [0.29, 0.717) is 0 Å². The fourth-order valence-corrected chi connectivity index (χ4v) is 2.00. The van der Waals surface area contributed by atoms with Crippen LogP contribution < -0.4 is 24.0 Å². The molecule has 0 aliphatic rings. The molecule has 1 aromatic carbocycles. The van der Waals surface area contributed by atoms with Crippen LogP contribution >= 0.6 is 12.6 Å². The number of halogens is 1. The summed E-state index contributed by atoms with van der Waals surface area (Å²) < 4.78 is 5.51. The molecule has 1 heterocycles. The first kappa shape index (κ1) is 14.5. The van der Waals surface area contributed by atoms with Gasteiger partial charge < -0.3 is 24.0 Å².